The molecule has 0 bridgehead atoms. The first-order valence-electron chi connectivity index (χ1n) is 9.99. The number of guanidine groups is 1. The molecule has 3 rings (SSSR count). The van der Waals surface area contributed by atoms with Gasteiger partial charge in [0.25, 0.3) is 0 Å². The second kappa shape index (κ2) is 13.1. The normalized spacial score (nSPS) is 16.5. The summed E-state index contributed by atoms with van der Waals surface area (Å²) in [5, 5.41) is 7.74. The molecule has 1 atom stereocenters. The van der Waals surface area contributed by atoms with Gasteiger partial charge in [-0.05, 0) is 26.7 Å². The number of aliphatic imine (C=N–C) groups is 1. The van der Waals surface area contributed by atoms with E-state index in [0.29, 0.717) is 6.54 Å². The summed E-state index contributed by atoms with van der Waals surface area (Å²) in [4.78, 5) is 10.6. The van der Waals surface area contributed by atoms with Gasteiger partial charge in [0, 0.05) is 36.7 Å². The van der Waals surface area contributed by atoms with Crippen LogP contribution in [-0.4, -0.2) is 50.0 Å². The fraction of sp³-hybridized carbons (Fsp3) is 0.524. The van der Waals surface area contributed by atoms with Crippen molar-refractivity contribution in [3.63, 3.8) is 0 Å². The number of hydrogen-bond donors (Lipinski definition) is 2. The summed E-state index contributed by atoms with van der Waals surface area (Å²) < 4.78 is 11.1. The second-order valence-corrected chi connectivity index (χ2v) is 7.81. The minimum absolute atomic E-state index is 0. The maximum absolute atomic E-state index is 5.80. The topological polar surface area (TPSA) is 67.8 Å². The molecular formula is C21H31IN4O2S. The highest BCUT2D eigenvalue weighted by molar-refractivity contribution is 14.0. The van der Waals surface area contributed by atoms with Gasteiger partial charge in [-0.25, -0.2) is 9.98 Å². The third kappa shape index (κ3) is 7.84. The molecule has 8 heteroatoms. The number of halogens is 1. The minimum atomic E-state index is 0. The van der Waals surface area contributed by atoms with E-state index in [2.05, 4.69) is 36.6 Å². The van der Waals surface area contributed by atoms with E-state index in [-0.39, 0.29) is 30.1 Å². The molecular weight excluding hydrogens is 499 g/mol. The Kier molecular flexibility index (Phi) is 10.9. The summed E-state index contributed by atoms with van der Waals surface area (Å²) >= 11 is 1.71. The van der Waals surface area contributed by atoms with Crippen molar-refractivity contribution in [1.29, 1.82) is 0 Å². The Morgan fingerprint density at radius 1 is 1.31 bits per heavy atom. The molecule has 1 aliphatic rings. The van der Waals surface area contributed by atoms with Gasteiger partial charge >= 0.3 is 0 Å². The minimum Gasteiger partial charge on any atom is -0.379 e. The van der Waals surface area contributed by atoms with Crippen molar-refractivity contribution in [2.45, 2.75) is 39.3 Å². The maximum Gasteiger partial charge on any atom is 0.191 e. The fourth-order valence-corrected chi connectivity index (χ4v) is 3.94. The van der Waals surface area contributed by atoms with E-state index >= 15 is 0 Å². The predicted octanol–water partition coefficient (Wildman–Crippen LogP) is 3.99. The van der Waals surface area contributed by atoms with E-state index in [1.165, 1.54) is 4.88 Å². The number of nitrogens with one attached hydrogen (secondary N) is 2. The molecule has 6 nitrogen and oxygen atoms in total. The number of thiazole rings is 1. The summed E-state index contributed by atoms with van der Waals surface area (Å²) in [7, 11) is 0. The van der Waals surface area contributed by atoms with Gasteiger partial charge in [0.05, 0.1) is 24.9 Å². The van der Waals surface area contributed by atoms with E-state index in [4.69, 9.17) is 19.5 Å². The van der Waals surface area contributed by atoms with Crippen molar-refractivity contribution in [1.82, 2.24) is 15.6 Å². The first-order chi connectivity index (χ1) is 13.8. The maximum atomic E-state index is 5.80. The van der Waals surface area contributed by atoms with Crippen molar-refractivity contribution in [2.24, 2.45) is 4.99 Å². The monoisotopic (exact) mass is 530 g/mol. The van der Waals surface area contributed by atoms with Crippen molar-refractivity contribution in [3.8, 4) is 10.6 Å². The average molecular weight is 530 g/mol. The number of ether oxygens (including phenoxy) is 2. The Hall–Kier alpha value is -1.23. The van der Waals surface area contributed by atoms with E-state index in [1.807, 2.05) is 18.2 Å². The van der Waals surface area contributed by atoms with Crippen LogP contribution in [0.3, 0.4) is 0 Å². The van der Waals surface area contributed by atoms with Crippen LogP contribution in [0, 0.1) is 6.92 Å². The number of rotatable bonds is 9. The summed E-state index contributed by atoms with van der Waals surface area (Å²) in [6, 6.07) is 10.3. The van der Waals surface area contributed by atoms with Gasteiger partial charge in [-0.2, -0.15) is 0 Å². The molecule has 2 N–H and O–H groups in total. The first kappa shape index (κ1) is 24.0. The molecule has 0 saturated carbocycles. The van der Waals surface area contributed by atoms with Crippen molar-refractivity contribution in [3.05, 3.63) is 40.9 Å². The Labute approximate surface area is 194 Å². The first-order valence-corrected chi connectivity index (χ1v) is 10.8. The highest BCUT2D eigenvalue weighted by atomic mass is 127. The smallest absolute Gasteiger partial charge is 0.191 e. The Bertz CT molecular complexity index is 748. The van der Waals surface area contributed by atoms with E-state index < -0.39 is 0 Å². The van der Waals surface area contributed by atoms with Crippen LogP contribution in [0.25, 0.3) is 10.6 Å². The summed E-state index contributed by atoms with van der Waals surface area (Å²) in [6.07, 6.45) is 2.23. The lowest BCUT2D eigenvalue weighted by Gasteiger charge is -2.12. The lowest BCUT2D eigenvalue weighted by atomic mass is 10.2. The molecule has 2 aromatic rings. The van der Waals surface area contributed by atoms with E-state index in [1.54, 1.807) is 11.3 Å². The third-order valence-corrected chi connectivity index (χ3v) is 5.68. The van der Waals surface area contributed by atoms with Gasteiger partial charge in [-0.15, -0.1) is 35.3 Å². The summed E-state index contributed by atoms with van der Waals surface area (Å²) in [6.45, 7) is 8.72. The second-order valence-electron chi connectivity index (χ2n) is 6.73. The number of aromatic nitrogens is 1. The Morgan fingerprint density at radius 3 is 2.86 bits per heavy atom. The zero-order valence-corrected chi connectivity index (χ0v) is 20.3. The van der Waals surface area contributed by atoms with E-state index in [0.717, 1.165) is 68.0 Å². The summed E-state index contributed by atoms with van der Waals surface area (Å²) in [5.41, 5.74) is 2.21. The van der Waals surface area contributed by atoms with Gasteiger partial charge in [-0.1, -0.05) is 30.3 Å². The third-order valence-electron chi connectivity index (χ3n) is 4.49. The van der Waals surface area contributed by atoms with Crippen molar-refractivity contribution in [2.75, 3.05) is 32.9 Å². The Morgan fingerprint density at radius 2 is 2.14 bits per heavy atom. The van der Waals surface area contributed by atoms with E-state index in [9.17, 15) is 0 Å². The fourth-order valence-electron chi connectivity index (χ4n) is 2.94. The largest absolute Gasteiger partial charge is 0.379 e. The van der Waals surface area contributed by atoms with Crippen LogP contribution >= 0.6 is 35.3 Å². The average Bonchev–Trinajstić information content (AvgIpc) is 3.36. The molecule has 0 amide bonds. The Balaban J connectivity index is 0.00000300. The highest BCUT2D eigenvalue weighted by Gasteiger charge is 2.15. The molecule has 29 heavy (non-hydrogen) atoms. The van der Waals surface area contributed by atoms with Gasteiger partial charge in [-0.3, -0.25) is 0 Å². The van der Waals surface area contributed by atoms with Crippen molar-refractivity contribution >= 4 is 41.3 Å². The lowest BCUT2D eigenvalue weighted by Crippen LogP contribution is -2.38. The van der Waals surface area contributed by atoms with Gasteiger partial charge in [0.2, 0.25) is 0 Å². The molecule has 1 aromatic carbocycles. The van der Waals surface area contributed by atoms with Crippen LogP contribution in [0.2, 0.25) is 0 Å². The standard InChI is InChI=1S/C21H30N4O2S.HI/c1-3-22-21(23-11-7-12-27-18-10-13-26-15-18)24-14-19-16(2)25-20(28-19)17-8-5-4-6-9-17;/h4-6,8-9,18H,3,7,10-15H2,1-2H3,(H2,22,23,24);1H. The molecule has 1 aromatic heterocycles. The van der Waals surface area contributed by atoms with Gasteiger partial charge < -0.3 is 20.1 Å². The number of aryl methyl sites for hydroxylation is 1. The molecule has 1 fully saturated rings. The van der Waals surface area contributed by atoms with Crippen LogP contribution in [0.4, 0.5) is 0 Å². The lowest BCUT2D eigenvalue weighted by molar-refractivity contribution is 0.0420. The molecule has 0 radical (unpaired) electrons. The van der Waals surface area contributed by atoms with Crippen LogP contribution in [-0.2, 0) is 16.0 Å². The van der Waals surface area contributed by atoms with Crippen LogP contribution < -0.4 is 10.6 Å². The molecule has 1 aliphatic heterocycles. The SMILES string of the molecule is CCNC(=NCc1sc(-c2ccccc2)nc1C)NCCCOC1CCOC1.I. The molecule has 0 spiro atoms. The highest BCUT2D eigenvalue weighted by Crippen LogP contribution is 2.28. The quantitative estimate of drug-likeness (QED) is 0.222. The molecule has 2 heterocycles. The molecule has 1 unspecified atom stereocenters. The predicted molar refractivity (Wildman–Crippen MR) is 130 cm³/mol. The molecule has 0 aliphatic carbocycles. The van der Waals surface area contributed by atoms with Crippen LogP contribution in [0.1, 0.15) is 30.3 Å². The zero-order valence-electron chi connectivity index (χ0n) is 17.1. The number of hydrogen-bond acceptors (Lipinski definition) is 5. The van der Waals surface area contributed by atoms with Gasteiger partial charge in [0.15, 0.2) is 5.96 Å². The summed E-state index contributed by atoms with van der Waals surface area (Å²) in [5.74, 6) is 0.834. The zero-order chi connectivity index (χ0) is 19.6. The van der Waals surface area contributed by atoms with Crippen LogP contribution in [0.15, 0.2) is 35.3 Å². The number of nitrogens with zero attached hydrogens (tertiary/aromatic N) is 2. The van der Waals surface area contributed by atoms with Crippen molar-refractivity contribution < 1.29 is 9.47 Å². The molecule has 160 valence electrons. The number of benzene rings is 1. The van der Waals surface area contributed by atoms with Gasteiger partial charge in [0.1, 0.15) is 5.01 Å². The van der Waals surface area contributed by atoms with Crippen LogP contribution in [0.5, 0.6) is 0 Å². The molecule has 1 saturated heterocycles.